The Labute approximate surface area is 132 Å². The van der Waals surface area contributed by atoms with E-state index in [9.17, 15) is 4.79 Å². The highest BCUT2D eigenvalue weighted by Gasteiger charge is 2.39. The normalized spacial score (nSPS) is 27.5. The molecule has 1 saturated heterocycles. The number of benzene rings is 1. The molecule has 4 nitrogen and oxygen atoms in total. The lowest BCUT2D eigenvalue weighted by molar-refractivity contribution is -0.133. The molecule has 0 spiro atoms. The smallest absolute Gasteiger partial charge is 0.341 e. The second kappa shape index (κ2) is 6.01. The number of carbonyl (C=O) groups excluding carboxylic acids is 1. The number of hydrogen-bond donors (Lipinski definition) is 0. The first-order valence-corrected chi connectivity index (χ1v) is 8.18. The number of ether oxygens (including phenoxy) is 2. The Balaban J connectivity index is 1.71. The van der Waals surface area contributed by atoms with Gasteiger partial charge in [0.15, 0.2) is 0 Å². The maximum atomic E-state index is 11.9. The number of hydrogen-bond acceptors (Lipinski definition) is 4. The van der Waals surface area contributed by atoms with Gasteiger partial charge in [-0.1, -0.05) is 39.0 Å². The van der Waals surface area contributed by atoms with Crippen molar-refractivity contribution in [2.75, 3.05) is 19.7 Å². The summed E-state index contributed by atoms with van der Waals surface area (Å²) in [5, 5.41) is 0. The first-order valence-electron chi connectivity index (χ1n) is 8.18. The highest BCUT2D eigenvalue weighted by Crippen LogP contribution is 2.37. The average Bonchev–Trinajstić information content (AvgIpc) is 2.82. The van der Waals surface area contributed by atoms with Crippen molar-refractivity contribution in [1.29, 1.82) is 0 Å². The Morgan fingerprint density at radius 1 is 1.36 bits per heavy atom. The number of esters is 1. The maximum absolute atomic E-state index is 11.9. The zero-order valence-electron chi connectivity index (χ0n) is 13.7. The molecular weight excluding hydrogens is 278 g/mol. The fraction of sp³-hybridized carbons (Fsp3) is 0.611. The van der Waals surface area contributed by atoms with E-state index in [4.69, 9.17) is 9.47 Å². The molecule has 22 heavy (non-hydrogen) atoms. The Hall–Kier alpha value is -1.39. The van der Waals surface area contributed by atoms with Crippen LogP contribution in [0.1, 0.15) is 55.8 Å². The minimum atomic E-state index is -0.555. The van der Waals surface area contributed by atoms with Gasteiger partial charge in [-0.2, -0.15) is 0 Å². The van der Waals surface area contributed by atoms with Crippen molar-refractivity contribution in [2.45, 2.75) is 45.9 Å². The molecule has 120 valence electrons. The third-order valence-electron chi connectivity index (χ3n) is 5.07. The molecule has 2 aliphatic heterocycles. The van der Waals surface area contributed by atoms with Gasteiger partial charge in [-0.15, -0.1) is 0 Å². The van der Waals surface area contributed by atoms with Gasteiger partial charge in [0.05, 0.1) is 12.2 Å². The predicted molar refractivity (Wildman–Crippen MR) is 84.6 cm³/mol. The van der Waals surface area contributed by atoms with Crippen LogP contribution in [0.5, 0.6) is 0 Å². The van der Waals surface area contributed by atoms with Gasteiger partial charge in [0.2, 0.25) is 6.29 Å². The average molecular weight is 303 g/mol. The van der Waals surface area contributed by atoms with E-state index >= 15 is 0 Å². The molecule has 0 aromatic heterocycles. The van der Waals surface area contributed by atoms with Crippen LogP contribution in [0.15, 0.2) is 24.3 Å². The number of carbonyl (C=O) groups is 1. The van der Waals surface area contributed by atoms with Crippen molar-refractivity contribution in [3.63, 3.8) is 0 Å². The monoisotopic (exact) mass is 303 g/mol. The maximum Gasteiger partial charge on any atom is 0.341 e. The minimum Gasteiger partial charge on any atom is -0.428 e. The van der Waals surface area contributed by atoms with Gasteiger partial charge in [-0.05, 0) is 37.4 Å². The van der Waals surface area contributed by atoms with E-state index in [1.165, 1.54) is 12.8 Å². The first-order chi connectivity index (χ1) is 10.5. The van der Waals surface area contributed by atoms with Gasteiger partial charge < -0.3 is 9.47 Å². The van der Waals surface area contributed by atoms with Crippen molar-refractivity contribution < 1.29 is 14.3 Å². The third-order valence-corrected chi connectivity index (χ3v) is 5.07. The zero-order valence-corrected chi connectivity index (χ0v) is 13.7. The van der Waals surface area contributed by atoms with Gasteiger partial charge in [0.25, 0.3) is 0 Å². The summed E-state index contributed by atoms with van der Waals surface area (Å²) in [6.07, 6.45) is 1.89. The standard InChI is InChI=1S/C18H25NO3/c1-4-19-11-7-10-18(2,3)15(19)12-21-17-14-9-6-5-8-13(14)16(20)22-17/h5-6,8-9,15,17H,4,7,10-12H2,1-3H3. The van der Waals surface area contributed by atoms with Crippen molar-refractivity contribution >= 4 is 5.97 Å². The summed E-state index contributed by atoms with van der Waals surface area (Å²) < 4.78 is 11.4. The van der Waals surface area contributed by atoms with Gasteiger partial charge in [0.1, 0.15) is 0 Å². The lowest BCUT2D eigenvalue weighted by Crippen LogP contribution is -2.52. The lowest BCUT2D eigenvalue weighted by atomic mass is 9.76. The predicted octanol–water partition coefficient (Wildman–Crippen LogP) is 3.38. The number of nitrogens with zero attached hydrogens (tertiary/aromatic N) is 1. The molecule has 2 heterocycles. The molecular formula is C18H25NO3. The summed E-state index contributed by atoms with van der Waals surface area (Å²) in [7, 11) is 0. The molecule has 0 N–H and O–H groups in total. The second-order valence-corrected chi connectivity index (χ2v) is 6.89. The summed E-state index contributed by atoms with van der Waals surface area (Å²) in [6.45, 7) is 9.54. The van der Waals surface area contributed by atoms with Gasteiger partial charge >= 0.3 is 5.97 Å². The quantitative estimate of drug-likeness (QED) is 0.799. The molecule has 1 fully saturated rings. The van der Waals surface area contributed by atoms with Crippen LogP contribution in [0.25, 0.3) is 0 Å². The molecule has 0 amide bonds. The molecule has 0 bridgehead atoms. The molecule has 4 heteroatoms. The number of likely N-dealkylation sites (tertiary alicyclic amines) is 1. The summed E-state index contributed by atoms with van der Waals surface area (Å²) in [5.74, 6) is -0.282. The lowest BCUT2D eigenvalue weighted by Gasteiger charge is -2.46. The molecule has 0 aliphatic carbocycles. The Bertz CT molecular complexity index is 555. The van der Waals surface area contributed by atoms with Crippen LogP contribution < -0.4 is 0 Å². The first kappa shape index (κ1) is 15.5. The van der Waals surface area contributed by atoms with Crippen molar-refractivity contribution in [3.8, 4) is 0 Å². The zero-order chi connectivity index (χ0) is 15.7. The van der Waals surface area contributed by atoms with Crippen molar-refractivity contribution in [2.24, 2.45) is 5.41 Å². The summed E-state index contributed by atoms with van der Waals surface area (Å²) in [6, 6.07) is 7.84. The Morgan fingerprint density at radius 2 is 2.14 bits per heavy atom. The molecule has 3 rings (SSSR count). The molecule has 1 aromatic rings. The Morgan fingerprint density at radius 3 is 2.91 bits per heavy atom. The molecule has 0 radical (unpaired) electrons. The van der Waals surface area contributed by atoms with E-state index in [-0.39, 0.29) is 11.4 Å². The number of piperidine rings is 1. The molecule has 0 saturated carbocycles. The third kappa shape index (κ3) is 2.77. The summed E-state index contributed by atoms with van der Waals surface area (Å²) >= 11 is 0. The molecule has 1 aromatic carbocycles. The number of fused-ring (bicyclic) bond motifs is 1. The highest BCUT2D eigenvalue weighted by molar-refractivity contribution is 5.93. The second-order valence-electron chi connectivity index (χ2n) is 6.89. The molecule has 2 unspecified atom stereocenters. The van der Waals surface area contributed by atoms with Gasteiger partial charge in [-0.3, -0.25) is 4.90 Å². The van der Waals surface area contributed by atoms with Crippen LogP contribution in [0.3, 0.4) is 0 Å². The van der Waals surface area contributed by atoms with E-state index in [1.54, 1.807) is 6.07 Å². The van der Waals surface area contributed by atoms with Gasteiger partial charge in [0, 0.05) is 11.6 Å². The molecule has 2 atom stereocenters. The van der Waals surface area contributed by atoms with E-state index in [0.29, 0.717) is 18.2 Å². The minimum absolute atomic E-state index is 0.219. The Kier molecular flexibility index (Phi) is 4.24. The fourth-order valence-corrected chi connectivity index (χ4v) is 3.68. The van der Waals surface area contributed by atoms with E-state index in [2.05, 4.69) is 25.7 Å². The van der Waals surface area contributed by atoms with Crippen LogP contribution in [0, 0.1) is 5.41 Å². The highest BCUT2D eigenvalue weighted by atomic mass is 16.7. The van der Waals surface area contributed by atoms with Crippen LogP contribution >= 0.6 is 0 Å². The largest absolute Gasteiger partial charge is 0.428 e. The summed E-state index contributed by atoms with van der Waals surface area (Å²) in [5.41, 5.74) is 1.70. The van der Waals surface area contributed by atoms with Crippen LogP contribution in [0.2, 0.25) is 0 Å². The van der Waals surface area contributed by atoms with Crippen LogP contribution in [-0.2, 0) is 9.47 Å². The SMILES string of the molecule is CCN1CCCC(C)(C)C1COC1OC(=O)c2ccccc21. The fourth-order valence-electron chi connectivity index (χ4n) is 3.68. The van der Waals surface area contributed by atoms with E-state index in [1.807, 2.05) is 18.2 Å². The topological polar surface area (TPSA) is 38.8 Å². The number of likely N-dealkylation sites (N-methyl/N-ethyl adjacent to an activating group) is 1. The van der Waals surface area contributed by atoms with Gasteiger partial charge in [-0.25, -0.2) is 4.79 Å². The number of cyclic esters (lactones) is 1. The van der Waals surface area contributed by atoms with E-state index < -0.39 is 6.29 Å². The molecule has 2 aliphatic rings. The van der Waals surface area contributed by atoms with E-state index in [0.717, 1.165) is 18.7 Å². The van der Waals surface area contributed by atoms with Crippen molar-refractivity contribution in [3.05, 3.63) is 35.4 Å². The van der Waals surface area contributed by atoms with Crippen LogP contribution in [-0.4, -0.2) is 36.6 Å². The number of rotatable bonds is 4. The van der Waals surface area contributed by atoms with Crippen LogP contribution in [0.4, 0.5) is 0 Å². The summed E-state index contributed by atoms with van der Waals surface area (Å²) in [4.78, 5) is 14.3. The van der Waals surface area contributed by atoms with Crippen molar-refractivity contribution in [1.82, 2.24) is 4.90 Å².